The summed E-state index contributed by atoms with van der Waals surface area (Å²) in [7, 11) is 0. The first kappa shape index (κ1) is 15.0. The standard InChI is InChI=1S/C16H17NO4/c18-14(16(20)21)8-9-17-15(19)10-12-6-3-5-11-4-1-2-7-13(11)12/h1-7,14,18H,8-10H2,(H,17,19)(H,20,21). The molecule has 2 aromatic rings. The molecule has 0 aliphatic rings. The monoisotopic (exact) mass is 287 g/mol. The van der Waals surface area contributed by atoms with Gasteiger partial charge in [0, 0.05) is 13.0 Å². The largest absolute Gasteiger partial charge is 0.479 e. The van der Waals surface area contributed by atoms with Crippen LogP contribution in [0, 0.1) is 0 Å². The molecule has 1 unspecified atom stereocenters. The van der Waals surface area contributed by atoms with Gasteiger partial charge in [0.15, 0.2) is 6.10 Å². The van der Waals surface area contributed by atoms with Gasteiger partial charge in [0.25, 0.3) is 0 Å². The molecule has 110 valence electrons. The van der Waals surface area contributed by atoms with Crippen LogP contribution in [0.1, 0.15) is 12.0 Å². The van der Waals surface area contributed by atoms with Gasteiger partial charge < -0.3 is 15.5 Å². The highest BCUT2D eigenvalue weighted by Gasteiger charge is 2.13. The topological polar surface area (TPSA) is 86.6 Å². The van der Waals surface area contributed by atoms with Gasteiger partial charge in [-0.2, -0.15) is 0 Å². The summed E-state index contributed by atoms with van der Waals surface area (Å²) in [6, 6.07) is 13.6. The Morgan fingerprint density at radius 2 is 1.81 bits per heavy atom. The Hall–Kier alpha value is -2.40. The zero-order chi connectivity index (χ0) is 15.2. The minimum absolute atomic E-state index is 0.00336. The molecule has 1 atom stereocenters. The predicted octanol–water partition coefficient (Wildman–Crippen LogP) is 1.33. The summed E-state index contributed by atoms with van der Waals surface area (Å²) < 4.78 is 0. The quantitative estimate of drug-likeness (QED) is 0.748. The average molecular weight is 287 g/mol. The zero-order valence-corrected chi connectivity index (χ0v) is 11.5. The fourth-order valence-electron chi connectivity index (χ4n) is 2.15. The summed E-state index contributed by atoms with van der Waals surface area (Å²) in [6.07, 6.45) is -1.22. The van der Waals surface area contributed by atoms with Crippen LogP contribution in [-0.4, -0.2) is 34.7 Å². The van der Waals surface area contributed by atoms with Crippen molar-refractivity contribution in [3.05, 3.63) is 48.0 Å². The Morgan fingerprint density at radius 3 is 2.57 bits per heavy atom. The normalized spacial score (nSPS) is 12.0. The van der Waals surface area contributed by atoms with Gasteiger partial charge in [-0.15, -0.1) is 0 Å². The van der Waals surface area contributed by atoms with Crippen molar-refractivity contribution in [3.8, 4) is 0 Å². The summed E-state index contributed by atoms with van der Waals surface area (Å²) in [6.45, 7) is 0.136. The Bertz CT molecular complexity index is 648. The van der Waals surface area contributed by atoms with Crippen LogP contribution in [0.15, 0.2) is 42.5 Å². The third-order valence-electron chi connectivity index (χ3n) is 3.26. The van der Waals surface area contributed by atoms with Gasteiger partial charge in [-0.3, -0.25) is 4.79 Å². The third kappa shape index (κ3) is 4.03. The van der Waals surface area contributed by atoms with E-state index in [1.165, 1.54) is 0 Å². The number of carbonyl (C=O) groups is 2. The van der Waals surface area contributed by atoms with E-state index in [9.17, 15) is 9.59 Å². The molecule has 2 aromatic carbocycles. The van der Waals surface area contributed by atoms with Crippen molar-refractivity contribution in [2.75, 3.05) is 6.54 Å². The first-order chi connectivity index (χ1) is 10.1. The van der Waals surface area contributed by atoms with Crippen molar-refractivity contribution in [2.24, 2.45) is 0 Å². The van der Waals surface area contributed by atoms with E-state index < -0.39 is 12.1 Å². The Kier molecular flexibility index (Phi) is 4.90. The molecule has 0 aromatic heterocycles. The summed E-state index contributed by atoms with van der Waals surface area (Å²) in [5, 5.41) is 22.4. The maximum Gasteiger partial charge on any atom is 0.332 e. The van der Waals surface area contributed by atoms with Crippen molar-refractivity contribution < 1.29 is 19.8 Å². The van der Waals surface area contributed by atoms with Crippen LogP contribution in [0.4, 0.5) is 0 Å². The van der Waals surface area contributed by atoms with E-state index in [1.54, 1.807) is 0 Å². The lowest BCUT2D eigenvalue weighted by Crippen LogP contribution is -2.31. The lowest BCUT2D eigenvalue weighted by Gasteiger charge is -2.09. The second-order valence-corrected chi connectivity index (χ2v) is 4.81. The maximum absolute atomic E-state index is 11.9. The van der Waals surface area contributed by atoms with E-state index in [-0.39, 0.29) is 25.3 Å². The molecule has 2 rings (SSSR count). The van der Waals surface area contributed by atoms with E-state index in [1.807, 2.05) is 42.5 Å². The number of carboxylic acids is 1. The number of aliphatic hydroxyl groups excluding tert-OH is 1. The highest BCUT2D eigenvalue weighted by molar-refractivity contribution is 5.90. The Balaban J connectivity index is 1.94. The van der Waals surface area contributed by atoms with Crippen molar-refractivity contribution in [1.29, 1.82) is 0 Å². The first-order valence-corrected chi connectivity index (χ1v) is 6.72. The lowest BCUT2D eigenvalue weighted by atomic mass is 10.0. The smallest absolute Gasteiger partial charge is 0.332 e. The van der Waals surface area contributed by atoms with E-state index >= 15 is 0 Å². The minimum atomic E-state index is -1.44. The molecule has 0 fully saturated rings. The Labute approximate surface area is 122 Å². The molecule has 0 aliphatic carbocycles. The van der Waals surface area contributed by atoms with Gasteiger partial charge in [-0.25, -0.2) is 4.79 Å². The van der Waals surface area contributed by atoms with Crippen molar-refractivity contribution in [1.82, 2.24) is 5.32 Å². The number of nitrogens with one attached hydrogen (secondary N) is 1. The third-order valence-corrected chi connectivity index (χ3v) is 3.26. The number of rotatable bonds is 6. The van der Waals surface area contributed by atoms with E-state index in [0.29, 0.717) is 0 Å². The molecule has 0 radical (unpaired) electrons. The van der Waals surface area contributed by atoms with Crippen molar-refractivity contribution in [3.63, 3.8) is 0 Å². The van der Waals surface area contributed by atoms with Crippen LogP contribution in [0.3, 0.4) is 0 Å². The second kappa shape index (κ2) is 6.85. The number of carbonyl (C=O) groups excluding carboxylic acids is 1. The van der Waals surface area contributed by atoms with Crippen LogP contribution in [0.5, 0.6) is 0 Å². The number of amides is 1. The van der Waals surface area contributed by atoms with E-state index in [2.05, 4.69) is 5.32 Å². The molecule has 3 N–H and O–H groups in total. The van der Waals surface area contributed by atoms with Crippen molar-refractivity contribution in [2.45, 2.75) is 18.9 Å². The van der Waals surface area contributed by atoms with Gasteiger partial charge in [-0.05, 0) is 16.3 Å². The minimum Gasteiger partial charge on any atom is -0.479 e. The fourth-order valence-corrected chi connectivity index (χ4v) is 2.15. The number of hydrogen-bond donors (Lipinski definition) is 3. The first-order valence-electron chi connectivity index (χ1n) is 6.72. The van der Waals surface area contributed by atoms with Gasteiger partial charge in [-0.1, -0.05) is 42.5 Å². The maximum atomic E-state index is 11.9. The average Bonchev–Trinajstić information content (AvgIpc) is 2.47. The van der Waals surface area contributed by atoms with Gasteiger partial charge in [0.05, 0.1) is 6.42 Å². The SMILES string of the molecule is O=C(Cc1cccc2ccccc12)NCCC(O)C(=O)O. The summed E-state index contributed by atoms with van der Waals surface area (Å²) in [4.78, 5) is 22.3. The number of hydrogen-bond acceptors (Lipinski definition) is 3. The van der Waals surface area contributed by atoms with E-state index in [0.717, 1.165) is 16.3 Å². The molecular weight excluding hydrogens is 270 g/mol. The number of aliphatic carboxylic acids is 1. The molecule has 21 heavy (non-hydrogen) atoms. The molecule has 0 saturated heterocycles. The number of carboxylic acid groups (broad SMARTS) is 1. The van der Waals surface area contributed by atoms with Crippen LogP contribution < -0.4 is 5.32 Å². The van der Waals surface area contributed by atoms with Crippen LogP contribution in [0.2, 0.25) is 0 Å². The molecule has 0 aliphatic heterocycles. The fraction of sp³-hybridized carbons (Fsp3) is 0.250. The van der Waals surface area contributed by atoms with Gasteiger partial charge >= 0.3 is 5.97 Å². The summed E-state index contributed by atoms with van der Waals surface area (Å²) in [5.41, 5.74) is 0.921. The van der Waals surface area contributed by atoms with Gasteiger partial charge in [0.1, 0.15) is 0 Å². The Morgan fingerprint density at radius 1 is 1.10 bits per heavy atom. The molecule has 0 heterocycles. The predicted molar refractivity (Wildman–Crippen MR) is 78.9 cm³/mol. The zero-order valence-electron chi connectivity index (χ0n) is 11.5. The highest BCUT2D eigenvalue weighted by Crippen LogP contribution is 2.18. The molecule has 0 spiro atoms. The highest BCUT2D eigenvalue weighted by atomic mass is 16.4. The van der Waals surface area contributed by atoms with Crippen LogP contribution in [-0.2, 0) is 16.0 Å². The summed E-state index contributed by atoms with van der Waals surface area (Å²) >= 11 is 0. The second-order valence-electron chi connectivity index (χ2n) is 4.81. The van der Waals surface area contributed by atoms with Crippen molar-refractivity contribution >= 4 is 22.6 Å². The molecule has 5 heteroatoms. The number of benzene rings is 2. The molecule has 1 amide bonds. The van der Waals surface area contributed by atoms with Gasteiger partial charge in [0.2, 0.25) is 5.91 Å². The lowest BCUT2D eigenvalue weighted by molar-refractivity contribution is -0.147. The molecule has 0 saturated carbocycles. The van der Waals surface area contributed by atoms with E-state index in [4.69, 9.17) is 10.2 Å². The van der Waals surface area contributed by atoms with Crippen LogP contribution >= 0.6 is 0 Å². The number of aliphatic hydroxyl groups is 1. The summed E-state index contributed by atoms with van der Waals surface area (Å²) in [5.74, 6) is -1.47. The number of fused-ring (bicyclic) bond motifs is 1. The molecular formula is C16H17NO4. The molecule has 5 nitrogen and oxygen atoms in total. The molecule has 0 bridgehead atoms. The van der Waals surface area contributed by atoms with Crippen LogP contribution in [0.25, 0.3) is 10.8 Å².